The Balaban J connectivity index is 1.26. The number of aliphatic hydroxyl groups excluding tert-OH is 3. The van der Waals surface area contributed by atoms with E-state index in [2.05, 4.69) is 17.6 Å². The van der Waals surface area contributed by atoms with Crippen molar-refractivity contribution in [3.05, 3.63) is 11.6 Å². The number of nitrogens with one attached hydrogen (secondary N) is 1. The molecule has 12 heteroatoms. The molecule has 312 valence electrons. The Labute approximate surface area is 328 Å². The highest BCUT2D eigenvalue weighted by atomic mass is 16.6. The number of quaternary nitrogens is 1. The summed E-state index contributed by atoms with van der Waals surface area (Å²) in [5.74, 6) is -0.598. The van der Waals surface area contributed by atoms with Gasteiger partial charge in [0.2, 0.25) is 0 Å². The molecule has 0 amide bonds. The zero-order valence-corrected chi connectivity index (χ0v) is 33.6. The number of ether oxygens (including phenoxy) is 3. The van der Waals surface area contributed by atoms with E-state index in [1.54, 1.807) is 0 Å². The Morgan fingerprint density at radius 1 is 1.04 bits per heavy atom. The Kier molecular flexibility index (Phi) is 13.8. The van der Waals surface area contributed by atoms with E-state index in [-0.39, 0.29) is 66.9 Å². The van der Waals surface area contributed by atoms with Gasteiger partial charge in [-0.25, -0.2) is 4.79 Å². The highest BCUT2D eigenvalue weighted by molar-refractivity contribution is 5.89. The Bertz CT molecular complexity index is 1340. The van der Waals surface area contributed by atoms with E-state index in [4.69, 9.17) is 25.7 Å². The van der Waals surface area contributed by atoms with Crippen molar-refractivity contribution in [3.8, 4) is 0 Å². The summed E-state index contributed by atoms with van der Waals surface area (Å²) in [5, 5.41) is 39.2. The number of carbonyl (C=O) groups is 2. The van der Waals surface area contributed by atoms with E-state index >= 15 is 0 Å². The molecule has 0 aromatic heterocycles. The smallest absolute Gasteiger partial charge is 0.334 e. The Hall–Kier alpha value is -1.48. The van der Waals surface area contributed by atoms with Crippen molar-refractivity contribution in [2.75, 3.05) is 19.7 Å². The van der Waals surface area contributed by atoms with Gasteiger partial charge in [0, 0.05) is 36.2 Å². The number of hydrogen-bond donors (Lipinski definition) is 7. The fourth-order valence-corrected chi connectivity index (χ4v) is 12.5. The third kappa shape index (κ3) is 9.23. The Morgan fingerprint density at radius 3 is 2.53 bits per heavy atom. The maximum absolute atomic E-state index is 14.1. The average Bonchev–Trinajstić information content (AvgIpc) is 3.69. The predicted molar refractivity (Wildman–Crippen MR) is 207 cm³/mol. The van der Waals surface area contributed by atoms with Crippen LogP contribution in [0.25, 0.3) is 0 Å². The molecule has 3 aliphatic carbocycles. The first kappa shape index (κ1) is 41.7. The van der Waals surface area contributed by atoms with E-state index in [1.807, 2.05) is 13.0 Å². The van der Waals surface area contributed by atoms with Crippen molar-refractivity contribution in [2.24, 2.45) is 58.8 Å². The molecule has 16 atom stereocenters. The van der Waals surface area contributed by atoms with Crippen LogP contribution in [-0.2, 0) is 23.8 Å². The predicted octanol–water partition coefficient (Wildman–Crippen LogP) is 2.40. The van der Waals surface area contributed by atoms with E-state index < -0.39 is 48.0 Å². The number of Topliss-reactive ketones (excluding diaryl/α,β-unsaturated/α-hetero) is 1. The molecular formula is C43H73N4O8+. The zero-order chi connectivity index (χ0) is 38.9. The number of carbonyl (C=O) groups excluding carboxylic acids is 2. The lowest BCUT2D eigenvalue weighted by Crippen LogP contribution is -2.95. The van der Waals surface area contributed by atoms with Crippen LogP contribution in [0.1, 0.15) is 123 Å². The van der Waals surface area contributed by atoms with Crippen LogP contribution >= 0.6 is 0 Å². The van der Waals surface area contributed by atoms with Crippen LogP contribution in [0, 0.1) is 47.3 Å². The maximum Gasteiger partial charge on any atom is 0.334 e. The summed E-state index contributed by atoms with van der Waals surface area (Å²) in [7, 11) is 0. The van der Waals surface area contributed by atoms with Gasteiger partial charge in [-0.15, -0.1) is 0 Å². The van der Waals surface area contributed by atoms with Gasteiger partial charge in [-0.05, 0) is 115 Å². The number of rotatable bonds is 11. The fourth-order valence-electron chi connectivity index (χ4n) is 12.5. The van der Waals surface area contributed by atoms with Gasteiger partial charge >= 0.3 is 5.97 Å². The number of fused-ring (bicyclic) bond motifs is 2. The quantitative estimate of drug-likeness (QED) is 0.120. The first-order valence-electron chi connectivity index (χ1n) is 22.3. The average molecular weight is 774 g/mol. The number of aliphatic hydroxyl groups is 3. The molecule has 3 saturated carbocycles. The number of esters is 1. The van der Waals surface area contributed by atoms with Crippen LogP contribution in [0.2, 0.25) is 0 Å². The van der Waals surface area contributed by atoms with E-state index in [0.29, 0.717) is 24.7 Å². The van der Waals surface area contributed by atoms with Gasteiger partial charge in [0.05, 0.1) is 55.8 Å². The summed E-state index contributed by atoms with van der Waals surface area (Å²) in [6, 6.07) is 0. The summed E-state index contributed by atoms with van der Waals surface area (Å²) in [6.07, 6.45) is 12.6. The molecule has 12 nitrogen and oxygen atoms in total. The molecule has 55 heavy (non-hydrogen) atoms. The lowest BCUT2D eigenvalue weighted by atomic mass is 9.56. The monoisotopic (exact) mass is 774 g/mol. The molecule has 0 bridgehead atoms. The number of ketones is 1. The summed E-state index contributed by atoms with van der Waals surface area (Å²) in [4.78, 5) is 28.3. The van der Waals surface area contributed by atoms with Gasteiger partial charge in [0.1, 0.15) is 23.7 Å². The summed E-state index contributed by atoms with van der Waals surface area (Å²) >= 11 is 0. The molecule has 0 aromatic rings. The highest BCUT2D eigenvalue weighted by Gasteiger charge is 2.63. The SMILES string of the molecule is CC=C(C(=O)O[C@H]1CC2C(O)C3C(=O)CC(CO)OC3C([C@H](CC3CCCC(O)C3)C3CCNC(N)C3)C2O[C@@]1(C)CCC1CCC(N)[NH2+]C1)C1CCCC1. The fraction of sp³-hybridized carbons (Fsp3) is 0.907. The molecule has 7 fully saturated rings. The topological polar surface area (TPSA) is 203 Å². The number of hydrogen-bond acceptors (Lipinski definition) is 11. The lowest BCUT2D eigenvalue weighted by molar-refractivity contribution is -0.703. The zero-order valence-electron chi connectivity index (χ0n) is 33.6. The van der Waals surface area contributed by atoms with Crippen LogP contribution in [0.3, 0.4) is 0 Å². The standard InChI is InChI=1S/C43H72N4O8/c1-3-30(26-8-4-5-9-26)42(52)54-34-21-32-39(51)38-33(50)20-29(23-48)53-41(38)37(40(32)55-43(34,2)15-13-24-11-12-35(44)47-22-24)31(27-14-16-46-36(45)19-27)18-25-7-6-10-28(49)17-25/h3,24-29,31-32,34-41,46-49,51H,4-23,44-45H2,1-2H3/p+1/t24?,25?,27?,28?,29?,31-,32?,34+,35?,36?,37?,38?,39?,40?,41?,43+/m1/s1. The third-order valence-electron chi connectivity index (χ3n) is 15.5. The van der Waals surface area contributed by atoms with Crippen LogP contribution in [-0.4, -0.2) is 101 Å². The molecule has 4 saturated heterocycles. The van der Waals surface area contributed by atoms with Gasteiger partial charge in [-0.3, -0.25) is 10.5 Å². The van der Waals surface area contributed by atoms with Crippen molar-refractivity contribution < 1.29 is 44.4 Å². The molecule has 0 radical (unpaired) electrons. The molecule has 4 heterocycles. The number of allylic oxidation sites excluding steroid dienone is 1. The van der Waals surface area contributed by atoms with Gasteiger partial charge in [-0.1, -0.05) is 31.8 Å². The second-order valence-corrected chi connectivity index (χ2v) is 19.1. The molecule has 7 aliphatic rings. The van der Waals surface area contributed by atoms with Crippen LogP contribution in [0.5, 0.6) is 0 Å². The van der Waals surface area contributed by atoms with E-state index in [1.165, 1.54) is 0 Å². The molecule has 4 aliphatic heterocycles. The maximum atomic E-state index is 14.1. The minimum absolute atomic E-state index is 0.0518. The normalized spacial score (nSPS) is 45.1. The first-order chi connectivity index (χ1) is 26.5. The van der Waals surface area contributed by atoms with Crippen molar-refractivity contribution in [1.29, 1.82) is 0 Å². The summed E-state index contributed by atoms with van der Waals surface area (Å²) in [6.45, 7) is 5.51. The largest absolute Gasteiger partial charge is 0.456 e. The van der Waals surface area contributed by atoms with Crippen LogP contribution in [0.15, 0.2) is 11.6 Å². The van der Waals surface area contributed by atoms with E-state index in [0.717, 1.165) is 109 Å². The second kappa shape index (κ2) is 18.2. The lowest BCUT2D eigenvalue weighted by Gasteiger charge is -2.60. The molecule has 7 rings (SSSR count). The third-order valence-corrected chi connectivity index (χ3v) is 15.5. The second-order valence-electron chi connectivity index (χ2n) is 19.1. The van der Waals surface area contributed by atoms with Crippen molar-refractivity contribution in [1.82, 2.24) is 5.32 Å². The van der Waals surface area contributed by atoms with Gasteiger partial charge in [-0.2, -0.15) is 0 Å². The highest BCUT2D eigenvalue weighted by Crippen LogP contribution is 2.55. The van der Waals surface area contributed by atoms with Gasteiger partial charge < -0.3 is 45.9 Å². The van der Waals surface area contributed by atoms with Gasteiger partial charge in [0.25, 0.3) is 0 Å². The first-order valence-corrected chi connectivity index (χ1v) is 22.3. The minimum atomic E-state index is -1.04. The van der Waals surface area contributed by atoms with Crippen molar-refractivity contribution in [3.63, 3.8) is 0 Å². The molecule has 0 aromatic carbocycles. The molecule has 13 unspecified atom stereocenters. The van der Waals surface area contributed by atoms with Gasteiger partial charge in [0.15, 0.2) is 0 Å². The van der Waals surface area contributed by atoms with E-state index in [9.17, 15) is 24.9 Å². The molecule has 10 N–H and O–H groups in total. The molecule has 0 spiro atoms. The summed E-state index contributed by atoms with van der Waals surface area (Å²) in [5.41, 5.74) is 12.7. The number of piperidine rings is 2. The van der Waals surface area contributed by atoms with Crippen LogP contribution < -0.4 is 22.1 Å². The van der Waals surface area contributed by atoms with Crippen molar-refractivity contribution in [2.45, 2.75) is 178 Å². The molecular weight excluding hydrogens is 700 g/mol. The number of nitrogens with two attached hydrogens (primary N) is 3. The Morgan fingerprint density at radius 2 is 1.84 bits per heavy atom. The summed E-state index contributed by atoms with van der Waals surface area (Å²) < 4.78 is 20.9. The van der Waals surface area contributed by atoms with Crippen LogP contribution in [0.4, 0.5) is 0 Å². The van der Waals surface area contributed by atoms with Crippen molar-refractivity contribution >= 4 is 11.8 Å². The minimum Gasteiger partial charge on any atom is -0.456 e.